The molecule has 0 saturated heterocycles. The third-order valence-corrected chi connectivity index (χ3v) is 4.07. The van der Waals surface area contributed by atoms with Crippen molar-refractivity contribution in [3.63, 3.8) is 0 Å². The molecule has 0 aliphatic heterocycles. The molecule has 4 heteroatoms. The zero-order chi connectivity index (χ0) is 15.2. The van der Waals surface area contributed by atoms with E-state index < -0.39 is 0 Å². The first-order valence-corrected chi connectivity index (χ1v) is 7.71. The van der Waals surface area contributed by atoms with Gasteiger partial charge < -0.3 is 15.2 Å². The zero-order valence-corrected chi connectivity index (χ0v) is 13.9. The van der Waals surface area contributed by atoms with Crippen LogP contribution in [0.4, 0.5) is 0 Å². The summed E-state index contributed by atoms with van der Waals surface area (Å²) in [6.07, 6.45) is 1.00. The Bertz CT molecular complexity index is 614. The van der Waals surface area contributed by atoms with Gasteiger partial charge in [-0.25, -0.2) is 0 Å². The molecular formula is C17H20BrNO2. The second-order valence-electron chi connectivity index (χ2n) is 4.98. The lowest BCUT2D eigenvalue weighted by atomic mass is 10.1. The third-order valence-electron chi connectivity index (χ3n) is 3.47. The highest BCUT2D eigenvalue weighted by atomic mass is 79.9. The molecule has 0 fully saturated rings. The molecule has 0 spiro atoms. The lowest BCUT2D eigenvalue weighted by Gasteiger charge is -2.10. The van der Waals surface area contributed by atoms with E-state index >= 15 is 0 Å². The first-order chi connectivity index (χ1) is 10.1. The van der Waals surface area contributed by atoms with Gasteiger partial charge >= 0.3 is 0 Å². The van der Waals surface area contributed by atoms with E-state index in [1.165, 1.54) is 11.1 Å². The summed E-state index contributed by atoms with van der Waals surface area (Å²) >= 11 is 3.34. The number of nitrogens with one attached hydrogen (secondary N) is 1. The van der Waals surface area contributed by atoms with Crippen LogP contribution < -0.4 is 10.1 Å². The summed E-state index contributed by atoms with van der Waals surface area (Å²) in [6.45, 7) is 3.78. The van der Waals surface area contributed by atoms with Crippen molar-refractivity contribution < 1.29 is 9.84 Å². The standard InChI is InChI=1S/C17H20BrNO2/c1-12-5-3-4-6-14(12)7-8-19-11-13-9-15(18)17(20)16(10-13)21-2/h3-6,9-10,19-20H,7-8,11H2,1-2H3. The smallest absolute Gasteiger partial charge is 0.172 e. The summed E-state index contributed by atoms with van der Waals surface area (Å²) in [5, 5.41) is 13.2. The van der Waals surface area contributed by atoms with E-state index in [0.29, 0.717) is 10.2 Å². The molecule has 0 amide bonds. The summed E-state index contributed by atoms with van der Waals surface area (Å²) < 4.78 is 5.80. The molecule has 0 radical (unpaired) electrons. The predicted molar refractivity (Wildman–Crippen MR) is 88.9 cm³/mol. The second-order valence-corrected chi connectivity index (χ2v) is 5.84. The lowest BCUT2D eigenvalue weighted by Crippen LogP contribution is -2.17. The van der Waals surface area contributed by atoms with Gasteiger partial charge in [0.05, 0.1) is 11.6 Å². The van der Waals surface area contributed by atoms with E-state index in [4.69, 9.17) is 4.74 Å². The molecule has 112 valence electrons. The molecular weight excluding hydrogens is 330 g/mol. The first kappa shape index (κ1) is 15.9. The maximum absolute atomic E-state index is 9.78. The normalized spacial score (nSPS) is 10.6. The first-order valence-electron chi connectivity index (χ1n) is 6.92. The van der Waals surface area contributed by atoms with Crippen LogP contribution in [-0.2, 0) is 13.0 Å². The minimum atomic E-state index is 0.140. The summed E-state index contributed by atoms with van der Waals surface area (Å²) in [4.78, 5) is 0. The van der Waals surface area contributed by atoms with Gasteiger partial charge in [0, 0.05) is 6.54 Å². The fourth-order valence-electron chi connectivity index (χ4n) is 2.23. The highest BCUT2D eigenvalue weighted by Crippen LogP contribution is 2.35. The minimum absolute atomic E-state index is 0.140. The number of benzene rings is 2. The zero-order valence-electron chi connectivity index (χ0n) is 12.3. The van der Waals surface area contributed by atoms with Crippen molar-refractivity contribution in [3.8, 4) is 11.5 Å². The van der Waals surface area contributed by atoms with Gasteiger partial charge in [0.1, 0.15) is 0 Å². The summed E-state index contributed by atoms with van der Waals surface area (Å²) in [5.41, 5.74) is 3.77. The number of aryl methyl sites for hydroxylation is 1. The number of aromatic hydroxyl groups is 1. The summed E-state index contributed by atoms with van der Waals surface area (Å²) in [6, 6.07) is 12.2. The number of halogens is 1. The number of phenols is 1. The number of phenolic OH excluding ortho intramolecular Hbond substituents is 1. The van der Waals surface area contributed by atoms with Crippen LogP contribution in [0, 0.1) is 6.92 Å². The van der Waals surface area contributed by atoms with Crippen molar-refractivity contribution in [2.45, 2.75) is 19.9 Å². The SMILES string of the molecule is COc1cc(CNCCc2ccccc2C)cc(Br)c1O. The summed E-state index contributed by atoms with van der Waals surface area (Å²) in [7, 11) is 1.55. The van der Waals surface area contributed by atoms with Gasteiger partial charge in [-0.3, -0.25) is 0 Å². The maximum Gasteiger partial charge on any atom is 0.172 e. The number of rotatable bonds is 6. The van der Waals surface area contributed by atoms with Crippen molar-refractivity contribution in [3.05, 3.63) is 57.6 Å². The second kappa shape index (κ2) is 7.48. The van der Waals surface area contributed by atoms with Gasteiger partial charge in [-0.1, -0.05) is 24.3 Å². The Morgan fingerprint density at radius 1 is 1.24 bits per heavy atom. The Morgan fingerprint density at radius 3 is 2.71 bits per heavy atom. The van der Waals surface area contributed by atoms with Crippen LogP contribution in [0.15, 0.2) is 40.9 Å². The van der Waals surface area contributed by atoms with Gasteiger partial charge in [-0.05, 0) is 64.6 Å². The van der Waals surface area contributed by atoms with E-state index in [0.717, 1.165) is 25.1 Å². The van der Waals surface area contributed by atoms with Crippen molar-refractivity contribution in [1.29, 1.82) is 0 Å². The van der Waals surface area contributed by atoms with E-state index in [1.54, 1.807) is 7.11 Å². The molecule has 0 bridgehead atoms. The van der Waals surface area contributed by atoms with Crippen LogP contribution in [0.1, 0.15) is 16.7 Å². The van der Waals surface area contributed by atoms with Crippen LogP contribution >= 0.6 is 15.9 Å². The van der Waals surface area contributed by atoms with E-state index in [9.17, 15) is 5.11 Å². The number of hydrogen-bond donors (Lipinski definition) is 2. The topological polar surface area (TPSA) is 41.5 Å². The molecule has 2 aromatic carbocycles. The molecule has 2 rings (SSSR count). The van der Waals surface area contributed by atoms with Crippen LogP contribution in [0.25, 0.3) is 0 Å². The molecule has 3 nitrogen and oxygen atoms in total. The quantitative estimate of drug-likeness (QED) is 0.779. The van der Waals surface area contributed by atoms with Gasteiger partial charge in [0.15, 0.2) is 11.5 Å². The Hall–Kier alpha value is -1.52. The molecule has 0 atom stereocenters. The number of methoxy groups -OCH3 is 1. The Kier molecular flexibility index (Phi) is 5.65. The third kappa shape index (κ3) is 4.22. The minimum Gasteiger partial charge on any atom is -0.503 e. The Balaban J connectivity index is 1.89. The van der Waals surface area contributed by atoms with Crippen LogP contribution in [0.2, 0.25) is 0 Å². The van der Waals surface area contributed by atoms with Crippen molar-refractivity contribution >= 4 is 15.9 Å². The van der Waals surface area contributed by atoms with Crippen molar-refractivity contribution in [2.24, 2.45) is 0 Å². The van der Waals surface area contributed by atoms with Crippen LogP contribution in [-0.4, -0.2) is 18.8 Å². The molecule has 2 N–H and O–H groups in total. The lowest BCUT2D eigenvalue weighted by molar-refractivity contribution is 0.371. The Morgan fingerprint density at radius 2 is 2.00 bits per heavy atom. The van der Waals surface area contributed by atoms with E-state index in [2.05, 4.69) is 52.4 Å². The fourth-order valence-corrected chi connectivity index (χ4v) is 2.72. The fraction of sp³-hybridized carbons (Fsp3) is 0.294. The van der Waals surface area contributed by atoms with Crippen LogP contribution in [0.5, 0.6) is 11.5 Å². The monoisotopic (exact) mass is 349 g/mol. The Labute approximate surface area is 134 Å². The molecule has 0 heterocycles. The maximum atomic E-state index is 9.78. The van der Waals surface area contributed by atoms with Crippen molar-refractivity contribution in [2.75, 3.05) is 13.7 Å². The van der Waals surface area contributed by atoms with E-state index in [1.807, 2.05) is 12.1 Å². The summed E-state index contributed by atoms with van der Waals surface area (Å²) in [5.74, 6) is 0.626. The molecule has 0 saturated carbocycles. The van der Waals surface area contributed by atoms with Gasteiger partial charge in [0.2, 0.25) is 0 Å². The molecule has 2 aromatic rings. The van der Waals surface area contributed by atoms with Gasteiger partial charge in [0.25, 0.3) is 0 Å². The molecule has 0 aliphatic carbocycles. The van der Waals surface area contributed by atoms with Crippen LogP contribution in [0.3, 0.4) is 0 Å². The highest BCUT2D eigenvalue weighted by Gasteiger charge is 2.08. The van der Waals surface area contributed by atoms with Crippen molar-refractivity contribution in [1.82, 2.24) is 5.32 Å². The van der Waals surface area contributed by atoms with E-state index in [-0.39, 0.29) is 5.75 Å². The van der Waals surface area contributed by atoms with Gasteiger partial charge in [-0.15, -0.1) is 0 Å². The molecule has 0 aromatic heterocycles. The average molecular weight is 350 g/mol. The molecule has 0 unspecified atom stereocenters. The highest BCUT2D eigenvalue weighted by molar-refractivity contribution is 9.10. The average Bonchev–Trinajstić information content (AvgIpc) is 2.48. The largest absolute Gasteiger partial charge is 0.503 e. The predicted octanol–water partition coefficient (Wildman–Crippen LogP) is 3.80. The number of hydrogen-bond acceptors (Lipinski definition) is 3. The van der Waals surface area contributed by atoms with Gasteiger partial charge in [-0.2, -0.15) is 0 Å². The molecule has 0 aliphatic rings. The molecule has 21 heavy (non-hydrogen) atoms. The number of ether oxygens (including phenoxy) is 1.